The van der Waals surface area contributed by atoms with Crippen molar-refractivity contribution < 1.29 is 9.21 Å². The van der Waals surface area contributed by atoms with Crippen molar-refractivity contribution in [2.45, 2.75) is 19.8 Å². The van der Waals surface area contributed by atoms with E-state index in [4.69, 9.17) is 4.42 Å². The Balaban J connectivity index is 1.33. The summed E-state index contributed by atoms with van der Waals surface area (Å²) in [4.78, 5) is 12.4. The van der Waals surface area contributed by atoms with Gasteiger partial charge in [0.1, 0.15) is 0 Å². The molecule has 0 atom stereocenters. The minimum absolute atomic E-state index is 0.0829. The van der Waals surface area contributed by atoms with Crippen LogP contribution >= 0.6 is 0 Å². The lowest BCUT2D eigenvalue weighted by molar-refractivity contribution is 0.0953. The number of nitrogens with zero attached hydrogens (tertiary/aromatic N) is 2. The molecule has 0 aliphatic rings. The number of amides is 1. The summed E-state index contributed by atoms with van der Waals surface area (Å²) in [6.45, 7) is 2.67. The summed E-state index contributed by atoms with van der Waals surface area (Å²) >= 11 is 0. The highest BCUT2D eigenvalue weighted by Gasteiger charge is 2.11. The van der Waals surface area contributed by atoms with Crippen molar-refractivity contribution in [1.29, 1.82) is 0 Å². The maximum atomic E-state index is 12.4. The Hall–Kier alpha value is -3.73. The first-order valence-electron chi connectivity index (χ1n) is 10.0. The van der Waals surface area contributed by atoms with E-state index in [0.29, 0.717) is 23.9 Å². The molecule has 3 aromatic carbocycles. The third kappa shape index (κ3) is 4.81. The van der Waals surface area contributed by atoms with Gasteiger partial charge in [0.05, 0.1) is 0 Å². The number of benzene rings is 3. The molecule has 0 spiro atoms. The van der Waals surface area contributed by atoms with Gasteiger partial charge in [-0.3, -0.25) is 4.79 Å². The molecule has 0 saturated carbocycles. The van der Waals surface area contributed by atoms with Gasteiger partial charge in [-0.05, 0) is 61.7 Å². The molecule has 0 fully saturated rings. The summed E-state index contributed by atoms with van der Waals surface area (Å²) in [5, 5.41) is 11.2. The Morgan fingerprint density at radius 1 is 0.833 bits per heavy atom. The van der Waals surface area contributed by atoms with Gasteiger partial charge in [-0.25, -0.2) is 0 Å². The first-order chi connectivity index (χ1) is 14.7. The molecule has 150 valence electrons. The van der Waals surface area contributed by atoms with Gasteiger partial charge in [0, 0.05) is 23.2 Å². The quantitative estimate of drug-likeness (QED) is 0.442. The number of carbonyl (C=O) groups excluding carboxylic acids is 1. The summed E-state index contributed by atoms with van der Waals surface area (Å²) in [7, 11) is 0. The molecule has 1 aromatic heterocycles. The number of nitrogens with one attached hydrogen (secondary N) is 1. The highest BCUT2D eigenvalue weighted by Crippen LogP contribution is 2.24. The maximum absolute atomic E-state index is 12.4. The molecule has 1 N–H and O–H groups in total. The van der Waals surface area contributed by atoms with Crippen molar-refractivity contribution in [3.63, 3.8) is 0 Å². The Labute approximate surface area is 175 Å². The summed E-state index contributed by atoms with van der Waals surface area (Å²) < 4.78 is 5.79. The monoisotopic (exact) mass is 397 g/mol. The van der Waals surface area contributed by atoms with Crippen molar-refractivity contribution in [3.8, 4) is 22.9 Å². The Bertz CT molecular complexity index is 1100. The van der Waals surface area contributed by atoms with Crippen molar-refractivity contribution in [1.82, 2.24) is 15.5 Å². The highest BCUT2D eigenvalue weighted by molar-refractivity contribution is 5.94. The van der Waals surface area contributed by atoms with Gasteiger partial charge in [0.2, 0.25) is 11.8 Å². The average molecular weight is 397 g/mol. The molecule has 1 heterocycles. The first kappa shape index (κ1) is 19.6. The van der Waals surface area contributed by atoms with Gasteiger partial charge in [0.25, 0.3) is 5.91 Å². The largest absolute Gasteiger partial charge is 0.416 e. The fourth-order valence-corrected chi connectivity index (χ4v) is 3.16. The zero-order valence-corrected chi connectivity index (χ0v) is 16.8. The van der Waals surface area contributed by atoms with E-state index >= 15 is 0 Å². The normalized spacial score (nSPS) is 10.7. The molecule has 0 aliphatic heterocycles. The number of hydrogen-bond acceptors (Lipinski definition) is 4. The molecule has 5 heteroatoms. The van der Waals surface area contributed by atoms with E-state index in [1.165, 1.54) is 11.1 Å². The van der Waals surface area contributed by atoms with E-state index in [9.17, 15) is 4.79 Å². The second-order valence-electron chi connectivity index (χ2n) is 7.20. The van der Waals surface area contributed by atoms with Gasteiger partial charge >= 0.3 is 0 Å². The Morgan fingerprint density at radius 2 is 1.43 bits per heavy atom. The second-order valence-corrected chi connectivity index (χ2v) is 7.20. The molecule has 1 amide bonds. The van der Waals surface area contributed by atoms with Crippen LogP contribution in [0, 0.1) is 6.92 Å². The van der Waals surface area contributed by atoms with Crippen molar-refractivity contribution in [2.75, 3.05) is 6.54 Å². The molecule has 0 saturated heterocycles. The van der Waals surface area contributed by atoms with Gasteiger partial charge in [-0.2, -0.15) is 0 Å². The van der Waals surface area contributed by atoms with Crippen LogP contribution in [0.4, 0.5) is 0 Å². The SMILES string of the molecule is Cc1ccc(-c2nnc(-c3ccc(C(=O)NCCCc4ccccc4)cc3)o2)cc1. The topological polar surface area (TPSA) is 68.0 Å². The van der Waals surface area contributed by atoms with Crippen LogP contribution in [0.1, 0.15) is 27.9 Å². The number of rotatable bonds is 7. The molecule has 0 unspecified atom stereocenters. The summed E-state index contributed by atoms with van der Waals surface area (Å²) in [5.41, 5.74) is 4.72. The average Bonchev–Trinajstić information content (AvgIpc) is 3.28. The lowest BCUT2D eigenvalue weighted by Crippen LogP contribution is -2.24. The molecular formula is C25H23N3O2. The van der Waals surface area contributed by atoms with Crippen LogP contribution in [0.25, 0.3) is 22.9 Å². The first-order valence-corrected chi connectivity index (χ1v) is 10.0. The molecule has 5 nitrogen and oxygen atoms in total. The minimum atomic E-state index is -0.0829. The zero-order valence-electron chi connectivity index (χ0n) is 16.8. The van der Waals surface area contributed by atoms with E-state index in [1.54, 1.807) is 12.1 Å². The van der Waals surface area contributed by atoms with E-state index in [-0.39, 0.29) is 5.91 Å². The second kappa shape index (κ2) is 9.18. The van der Waals surface area contributed by atoms with E-state index < -0.39 is 0 Å². The summed E-state index contributed by atoms with van der Waals surface area (Å²) in [6.07, 6.45) is 1.85. The van der Waals surface area contributed by atoms with E-state index in [2.05, 4.69) is 27.6 Å². The van der Waals surface area contributed by atoms with Crippen LogP contribution in [0.2, 0.25) is 0 Å². The number of aryl methyl sites for hydroxylation is 2. The van der Waals surface area contributed by atoms with E-state index in [0.717, 1.165) is 24.0 Å². The van der Waals surface area contributed by atoms with Gasteiger partial charge in [-0.15, -0.1) is 10.2 Å². The Morgan fingerprint density at radius 3 is 2.07 bits per heavy atom. The predicted octanol–water partition coefficient (Wildman–Crippen LogP) is 5.07. The lowest BCUT2D eigenvalue weighted by Gasteiger charge is -2.06. The third-order valence-electron chi connectivity index (χ3n) is 4.89. The molecule has 4 aromatic rings. The van der Waals surface area contributed by atoms with E-state index in [1.807, 2.05) is 61.5 Å². The predicted molar refractivity (Wildman–Crippen MR) is 117 cm³/mol. The number of hydrogen-bond donors (Lipinski definition) is 1. The zero-order chi connectivity index (χ0) is 20.8. The van der Waals surface area contributed by atoms with Crippen LogP contribution in [-0.2, 0) is 6.42 Å². The van der Waals surface area contributed by atoms with Gasteiger partial charge in [0.15, 0.2) is 0 Å². The fraction of sp³-hybridized carbons (Fsp3) is 0.160. The Kier molecular flexibility index (Phi) is 5.99. The van der Waals surface area contributed by atoms with Crippen molar-refractivity contribution >= 4 is 5.91 Å². The summed E-state index contributed by atoms with van der Waals surface area (Å²) in [5.74, 6) is 0.825. The highest BCUT2D eigenvalue weighted by atomic mass is 16.4. The number of carbonyl (C=O) groups is 1. The standard InChI is InChI=1S/C25H23N3O2/c1-18-9-11-21(12-10-18)24-27-28-25(30-24)22-15-13-20(14-16-22)23(29)26-17-5-8-19-6-3-2-4-7-19/h2-4,6-7,9-16H,5,8,17H2,1H3,(H,26,29). The fourth-order valence-electron chi connectivity index (χ4n) is 3.16. The van der Waals surface area contributed by atoms with Crippen LogP contribution < -0.4 is 5.32 Å². The van der Waals surface area contributed by atoms with Crippen LogP contribution in [-0.4, -0.2) is 22.6 Å². The summed E-state index contributed by atoms with van der Waals surface area (Å²) in [6, 6.07) is 25.4. The molecule has 0 radical (unpaired) electrons. The van der Waals surface area contributed by atoms with Crippen molar-refractivity contribution in [2.24, 2.45) is 0 Å². The van der Waals surface area contributed by atoms with Crippen LogP contribution in [0.15, 0.2) is 83.3 Å². The van der Waals surface area contributed by atoms with Crippen LogP contribution in [0.3, 0.4) is 0 Å². The van der Waals surface area contributed by atoms with Crippen LogP contribution in [0.5, 0.6) is 0 Å². The molecule has 0 aliphatic carbocycles. The molecular weight excluding hydrogens is 374 g/mol. The number of aromatic nitrogens is 2. The smallest absolute Gasteiger partial charge is 0.251 e. The van der Waals surface area contributed by atoms with Gasteiger partial charge in [-0.1, -0.05) is 48.0 Å². The molecule has 0 bridgehead atoms. The lowest BCUT2D eigenvalue weighted by atomic mass is 10.1. The molecule has 30 heavy (non-hydrogen) atoms. The minimum Gasteiger partial charge on any atom is -0.416 e. The van der Waals surface area contributed by atoms with Crippen molar-refractivity contribution in [3.05, 3.63) is 95.6 Å². The maximum Gasteiger partial charge on any atom is 0.251 e. The van der Waals surface area contributed by atoms with Gasteiger partial charge < -0.3 is 9.73 Å². The molecule has 4 rings (SSSR count). The third-order valence-corrected chi connectivity index (χ3v) is 4.89.